The van der Waals surface area contributed by atoms with Gasteiger partial charge in [-0.15, -0.1) is 0 Å². The van der Waals surface area contributed by atoms with E-state index in [0.717, 1.165) is 26.3 Å². The molecule has 1 unspecified atom stereocenters. The maximum absolute atomic E-state index is 11.0. The molecule has 0 fully saturated rings. The van der Waals surface area contributed by atoms with E-state index in [2.05, 4.69) is 15.0 Å². The van der Waals surface area contributed by atoms with Crippen molar-refractivity contribution in [2.75, 3.05) is 32.6 Å². The molecule has 3 heterocycles. The van der Waals surface area contributed by atoms with Crippen LogP contribution in [-0.2, 0) is 9.53 Å². The number of aromatic amines is 2. The molecule has 1 aliphatic rings. The second kappa shape index (κ2) is 15.1. The number of hydrogen-bond acceptors (Lipinski definition) is 7. The first-order valence-electron chi connectivity index (χ1n) is 9.63. The van der Waals surface area contributed by atoms with Crippen LogP contribution < -0.4 is 16.2 Å². The molecule has 0 bridgehead atoms. The summed E-state index contributed by atoms with van der Waals surface area (Å²) in [6, 6.07) is 11.4. The number of fused-ring (bicyclic) bond motifs is 1. The second-order valence-corrected chi connectivity index (χ2v) is 8.51. The lowest BCUT2D eigenvalue weighted by molar-refractivity contribution is -0.117. The van der Waals surface area contributed by atoms with Gasteiger partial charge in [0.1, 0.15) is 22.0 Å². The lowest BCUT2D eigenvalue weighted by atomic mass is 10.2. The summed E-state index contributed by atoms with van der Waals surface area (Å²) >= 11 is 6.32. The van der Waals surface area contributed by atoms with Crippen LogP contribution in [0.15, 0.2) is 47.6 Å². The largest absolute Gasteiger partial charge is 0.491 e. The number of carbonyl (C=O) groups excluding carboxylic acids is 1. The zero-order chi connectivity index (χ0) is 22.2. The summed E-state index contributed by atoms with van der Waals surface area (Å²) in [5, 5.41) is 1.94. The minimum Gasteiger partial charge on any atom is -0.491 e. The average Bonchev–Trinajstić information content (AvgIpc) is 3.36. The molecule has 0 aliphatic carbocycles. The van der Waals surface area contributed by atoms with Crippen molar-refractivity contribution in [3.63, 3.8) is 0 Å². The van der Waals surface area contributed by atoms with Gasteiger partial charge in [0.25, 0.3) is 0 Å². The van der Waals surface area contributed by atoms with Crippen LogP contribution in [0.4, 0.5) is 5.69 Å². The molecule has 1 aromatic carbocycles. The van der Waals surface area contributed by atoms with E-state index in [4.69, 9.17) is 33.2 Å². The van der Waals surface area contributed by atoms with Gasteiger partial charge in [0, 0.05) is 36.4 Å². The molecule has 3 aromatic rings. The number of hydrogen-bond donors (Lipinski definition) is 4. The Morgan fingerprint density at radius 1 is 1.26 bits per heavy atom. The summed E-state index contributed by atoms with van der Waals surface area (Å²) in [6.07, 6.45) is 2.14. The summed E-state index contributed by atoms with van der Waals surface area (Å²) in [5.41, 5.74) is 13.7. The SMILES string of the molecule is C.COCCOc1cc(N)c2[nH]c(C3=NCC(CC(N)=O)S3)cc2c1.O.O.S=c1cccc[nH]1. The number of pyridine rings is 1. The maximum Gasteiger partial charge on any atom is 0.218 e. The Bertz CT molecular complexity index is 1110. The lowest BCUT2D eigenvalue weighted by Gasteiger charge is -2.06. The molecule has 10 nitrogen and oxygen atoms in total. The molecular formula is C22H33N5O5S2. The van der Waals surface area contributed by atoms with Crippen molar-refractivity contribution in [3.8, 4) is 5.75 Å². The predicted molar refractivity (Wildman–Crippen MR) is 142 cm³/mol. The fraction of sp³-hybridized carbons (Fsp3) is 0.318. The summed E-state index contributed by atoms with van der Waals surface area (Å²) < 4.78 is 11.4. The first-order chi connectivity index (χ1) is 15.0. The van der Waals surface area contributed by atoms with Crippen molar-refractivity contribution in [1.29, 1.82) is 0 Å². The third-order valence-electron chi connectivity index (χ3n) is 4.35. The van der Waals surface area contributed by atoms with Crippen LogP contribution in [0.1, 0.15) is 19.5 Å². The van der Waals surface area contributed by atoms with Crippen LogP contribution in [0.25, 0.3) is 10.9 Å². The fourth-order valence-corrected chi connectivity index (χ4v) is 4.20. The van der Waals surface area contributed by atoms with Gasteiger partial charge in [0.15, 0.2) is 0 Å². The molecule has 34 heavy (non-hydrogen) atoms. The monoisotopic (exact) mass is 511 g/mol. The number of carbonyl (C=O) groups is 1. The number of anilines is 1. The van der Waals surface area contributed by atoms with Gasteiger partial charge in [-0.2, -0.15) is 0 Å². The number of aromatic nitrogens is 2. The van der Waals surface area contributed by atoms with Crippen molar-refractivity contribution in [1.82, 2.24) is 9.97 Å². The van der Waals surface area contributed by atoms with Gasteiger partial charge in [-0.05, 0) is 24.3 Å². The average molecular weight is 512 g/mol. The Labute approximate surface area is 207 Å². The number of H-pyrrole nitrogens is 2. The molecule has 1 aliphatic heterocycles. The molecule has 188 valence electrons. The summed E-state index contributed by atoms with van der Waals surface area (Å²) in [7, 11) is 1.63. The smallest absolute Gasteiger partial charge is 0.218 e. The molecule has 0 saturated carbocycles. The number of aliphatic imine (C=N–C) groups is 1. The molecule has 0 saturated heterocycles. The number of nitrogens with one attached hydrogen (secondary N) is 2. The molecule has 4 rings (SSSR count). The van der Waals surface area contributed by atoms with Crippen molar-refractivity contribution >= 4 is 51.5 Å². The number of benzene rings is 1. The standard InChI is InChI=1S/C16H20N4O3S.C5H5NS.CH4.2H2O/c1-22-2-3-23-10-4-9-5-13(20-15(9)12(17)6-10)16-19-8-11(24-16)7-14(18)21;7-5-3-1-2-4-6-5;;;/h4-6,11,20H,2-3,7-8,17H2,1H3,(H2,18,21);1-4H,(H,6,7);1H4;2*1H2. The van der Waals surface area contributed by atoms with E-state index in [1.165, 1.54) is 0 Å². The Kier molecular flexibility index (Phi) is 13.8. The zero-order valence-corrected chi connectivity index (χ0v) is 19.7. The third kappa shape index (κ3) is 8.80. The van der Waals surface area contributed by atoms with E-state index in [1.54, 1.807) is 24.9 Å². The second-order valence-electron chi connectivity index (χ2n) is 6.78. The van der Waals surface area contributed by atoms with E-state index in [9.17, 15) is 4.79 Å². The van der Waals surface area contributed by atoms with Crippen LogP contribution in [0, 0.1) is 4.64 Å². The Balaban J connectivity index is 0.000000944. The van der Waals surface area contributed by atoms with Crippen LogP contribution in [-0.4, -0.2) is 64.0 Å². The van der Waals surface area contributed by atoms with Crippen LogP contribution >= 0.6 is 24.0 Å². The molecule has 1 atom stereocenters. The number of nitrogen functional groups attached to an aromatic ring is 1. The van der Waals surface area contributed by atoms with Crippen LogP contribution in [0.3, 0.4) is 0 Å². The minimum absolute atomic E-state index is 0. The molecule has 2 aromatic heterocycles. The van der Waals surface area contributed by atoms with E-state index >= 15 is 0 Å². The highest BCUT2D eigenvalue weighted by atomic mass is 32.2. The van der Waals surface area contributed by atoms with Crippen LogP contribution in [0.2, 0.25) is 0 Å². The van der Waals surface area contributed by atoms with Crippen molar-refractivity contribution in [2.45, 2.75) is 19.1 Å². The van der Waals surface area contributed by atoms with E-state index in [1.807, 2.05) is 36.5 Å². The number of methoxy groups -OCH3 is 1. The van der Waals surface area contributed by atoms with Crippen LogP contribution in [0.5, 0.6) is 5.75 Å². The topological polar surface area (TPSA) is 195 Å². The van der Waals surface area contributed by atoms with Crippen molar-refractivity contribution in [3.05, 3.63) is 52.9 Å². The Hall–Kier alpha value is -2.90. The number of nitrogens with two attached hydrogens (primary N) is 2. The number of amides is 1. The third-order valence-corrected chi connectivity index (χ3v) is 5.82. The minimum atomic E-state index is -0.303. The van der Waals surface area contributed by atoms with E-state index < -0.39 is 0 Å². The Morgan fingerprint density at radius 2 is 2.03 bits per heavy atom. The van der Waals surface area contributed by atoms with Gasteiger partial charge in [-0.3, -0.25) is 9.79 Å². The van der Waals surface area contributed by atoms with Crippen molar-refractivity contribution in [2.24, 2.45) is 10.7 Å². The van der Waals surface area contributed by atoms with E-state index in [0.29, 0.717) is 37.6 Å². The Morgan fingerprint density at radius 3 is 2.62 bits per heavy atom. The highest BCUT2D eigenvalue weighted by Gasteiger charge is 2.23. The maximum atomic E-state index is 11.0. The first kappa shape index (κ1) is 31.1. The quantitative estimate of drug-likeness (QED) is 0.213. The molecule has 10 N–H and O–H groups in total. The highest BCUT2D eigenvalue weighted by molar-refractivity contribution is 8.15. The van der Waals surface area contributed by atoms with Gasteiger partial charge in [0.2, 0.25) is 5.91 Å². The summed E-state index contributed by atoms with van der Waals surface area (Å²) in [5.74, 6) is 0.401. The summed E-state index contributed by atoms with van der Waals surface area (Å²) in [6.45, 7) is 1.58. The predicted octanol–water partition coefficient (Wildman–Crippen LogP) is 2.24. The molecular weight excluding hydrogens is 478 g/mol. The lowest BCUT2D eigenvalue weighted by Crippen LogP contribution is -2.18. The van der Waals surface area contributed by atoms with Gasteiger partial charge >= 0.3 is 0 Å². The molecule has 0 radical (unpaired) electrons. The van der Waals surface area contributed by atoms with Gasteiger partial charge < -0.3 is 41.9 Å². The van der Waals surface area contributed by atoms with Crippen molar-refractivity contribution < 1.29 is 25.2 Å². The highest BCUT2D eigenvalue weighted by Crippen LogP contribution is 2.32. The number of rotatable bonds is 7. The normalized spacial score (nSPS) is 13.9. The number of thioether (sulfide) groups is 1. The van der Waals surface area contributed by atoms with Gasteiger partial charge in [0.05, 0.1) is 30.0 Å². The molecule has 1 amide bonds. The zero-order valence-electron chi connectivity index (χ0n) is 18.1. The van der Waals surface area contributed by atoms with E-state index in [-0.39, 0.29) is 29.5 Å². The summed E-state index contributed by atoms with van der Waals surface area (Å²) in [4.78, 5) is 21.7. The first-order valence-corrected chi connectivity index (χ1v) is 10.9. The van der Waals surface area contributed by atoms with Gasteiger partial charge in [-0.25, -0.2) is 0 Å². The number of ether oxygens (including phenoxy) is 2. The number of primary amides is 1. The molecule has 0 spiro atoms. The fourth-order valence-electron chi connectivity index (χ4n) is 2.96. The molecule has 12 heteroatoms. The number of nitrogens with zero attached hydrogens (tertiary/aromatic N) is 1. The van der Waals surface area contributed by atoms with Gasteiger partial charge in [-0.1, -0.05) is 37.5 Å².